The zero-order valence-corrected chi connectivity index (χ0v) is 15.0. The Bertz CT molecular complexity index is 1130. The van der Waals surface area contributed by atoms with Gasteiger partial charge in [-0.15, -0.1) is 0 Å². The topological polar surface area (TPSA) is 79.9 Å². The van der Waals surface area contributed by atoms with Crippen LogP contribution in [0.2, 0.25) is 0 Å². The van der Waals surface area contributed by atoms with E-state index in [1.807, 2.05) is 37.4 Å². The quantitative estimate of drug-likeness (QED) is 0.573. The molecule has 0 unspecified atom stereocenters. The first-order valence-electron chi connectivity index (χ1n) is 8.50. The fourth-order valence-electron chi connectivity index (χ4n) is 3.02. The van der Waals surface area contributed by atoms with E-state index in [1.165, 1.54) is 0 Å². The largest absolute Gasteiger partial charge is 0.496 e. The Morgan fingerprint density at radius 3 is 2.85 bits per heavy atom. The molecule has 3 heterocycles. The molecule has 0 spiro atoms. The third kappa shape index (κ3) is 3.25. The minimum Gasteiger partial charge on any atom is -0.496 e. The summed E-state index contributed by atoms with van der Waals surface area (Å²) in [5.74, 6) is 0.457. The lowest BCUT2D eigenvalue weighted by Gasteiger charge is -2.12. The van der Waals surface area contributed by atoms with Gasteiger partial charge >= 0.3 is 0 Å². The molecule has 6 nitrogen and oxygen atoms in total. The highest BCUT2D eigenvalue weighted by Gasteiger charge is 2.13. The normalized spacial score (nSPS) is 10.7. The van der Waals surface area contributed by atoms with Crippen LogP contribution in [-0.4, -0.2) is 28.0 Å². The Hall–Kier alpha value is -3.67. The monoisotopic (exact) mass is 358 g/mol. The number of ether oxygens (including phenoxy) is 1. The minimum atomic E-state index is -0.203. The number of fused-ring (bicyclic) bond motifs is 1. The van der Waals surface area contributed by atoms with E-state index in [0.29, 0.717) is 22.7 Å². The minimum absolute atomic E-state index is 0.203. The zero-order valence-electron chi connectivity index (χ0n) is 15.0. The van der Waals surface area contributed by atoms with Crippen molar-refractivity contribution in [2.45, 2.75) is 6.92 Å². The van der Waals surface area contributed by atoms with Gasteiger partial charge in [0.05, 0.1) is 12.7 Å². The first-order valence-corrected chi connectivity index (χ1v) is 8.50. The second kappa shape index (κ2) is 6.92. The molecule has 0 bridgehead atoms. The zero-order chi connectivity index (χ0) is 18.8. The summed E-state index contributed by atoms with van der Waals surface area (Å²) in [5, 5.41) is 3.93. The Morgan fingerprint density at radius 1 is 1.15 bits per heavy atom. The van der Waals surface area contributed by atoms with Gasteiger partial charge in [0.1, 0.15) is 11.4 Å². The van der Waals surface area contributed by atoms with Gasteiger partial charge in [-0.3, -0.25) is 9.78 Å². The molecule has 0 fully saturated rings. The van der Waals surface area contributed by atoms with E-state index in [-0.39, 0.29) is 5.91 Å². The molecule has 0 aliphatic carbocycles. The van der Waals surface area contributed by atoms with Crippen LogP contribution in [0.3, 0.4) is 0 Å². The van der Waals surface area contributed by atoms with E-state index < -0.39 is 0 Å². The van der Waals surface area contributed by atoms with Crippen LogP contribution in [0.15, 0.2) is 61.1 Å². The van der Waals surface area contributed by atoms with Crippen molar-refractivity contribution in [1.82, 2.24) is 15.0 Å². The van der Waals surface area contributed by atoms with Gasteiger partial charge in [-0.1, -0.05) is 0 Å². The molecule has 0 aliphatic rings. The van der Waals surface area contributed by atoms with Crippen LogP contribution in [0, 0.1) is 6.92 Å². The molecule has 0 atom stereocenters. The predicted octanol–water partition coefficient (Wildman–Crippen LogP) is 4.19. The number of nitrogens with zero attached hydrogens (tertiary/aromatic N) is 2. The molecule has 3 aromatic heterocycles. The van der Waals surface area contributed by atoms with Crippen molar-refractivity contribution in [3.63, 3.8) is 0 Å². The number of hydrogen-bond donors (Lipinski definition) is 2. The number of aromatic amines is 1. The SMILES string of the molecule is COc1cc(NC(=O)c2cccnc2C)ccc1-c1cnc2[nH]ccc2c1. The number of pyridine rings is 2. The average molecular weight is 358 g/mol. The molecule has 1 aromatic carbocycles. The maximum Gasteiger partial charge on any atom is 0.257 e. The number of rotatable bonds is 4. The van der Waals surface area contributed by atoms with E-state index in [1.54, 1.807) is 37.7 Å². The lowest BCUT2D eigenvalue weighted by atomic mass is 10.0. The number of H-pyrrole nitrogens is 1. The number of hydrogen-bond acceptors (Lipinski definition) is 4. The van der Waals surface area contributed by atoms with Gasteiger partial charge in [-0.05, 0) is 43.3 Å². The number of nitrogens with one attached hydrogen (secondary N) is 2. The number of anilines is 1. The summed E-state index contributed by atoms with van der Waals surface area (Å²) in [6.07, 6.45) is 5.32. The molecule has 2 N–H and O–H groups in total. The summed E-state index contributed by atoms with van der Waals surface area (Å²) in [4.78, 5) is 24.2. The van der Waals surface area contributed by atoms with Gasteiger partial charge in [-0.2, -0.15) is 0 Å². The number of carbonyl (C=O) groups is 1. The highest BCUT2D eigenvalue weighted by Crippen LogP contribution is 2.33. The molecular weight excluding hydrogens is 340 g/mol. The first-order chi connectivity index (χ1) is 13.2. The third-order valence-electron chi connectivity index (χ3n) is 4.42. The Balaban J connectivity index is 1.65. The third-order valence-corrected chi connectivity index (χ3v) is 4.42. The van der Waals surface area contributed by atoms with E-state index in [9.17, 15) is 4.79 Å². The molecule has 6 heteroatoms. The Labute approximate surface area is 156 Å². The van der Waals surface area contributed by atoms with Crippen molar-refractivity contribution in [3.05, 3.63) is 72.3 Å². The van der Waals surface area contributed by atoms with Crippen LogP contribution in [0.5, 0.6) is 5.75 Å². The van der Waals surface area contributed by atoms with Gasteiger partial charge in [0, 0.05) is 52.6 Å². The Kier molecular flexibility index (Phi) is 4.30. The standard InChI is InChI=1S/C21H18N4O2/c1-13-17(4-3-8-22-13)21(26)25-16-5-6-18(19(11-16)27-2)15-10-14-7-9-23-20(14)24-12-15/h3-12H,1-2H3,(H,23,24)(H,25,26). The Morgan fingerprint density at radius 2 is 2.04 bits per heavy atom. The number of amides is 1. The first kappa shape index (κ1) is 16.8. The van der Waals surface area contributed by atoms with Crippen molar-refractivity contribution in [2.75, 3.05) is 12.4 Å². The number of aromatic nitrogens is 3. The van der Waals surface area contributed by atoms with Crippen LogP contribution in [0.4, 0.5) is 5.69 Å². The highest BCUT2D eigenvalue weighted by molar-refractivity contribution is 6.05. The molecule has 0 radical (unpaired) electrons. The second-order valence-electron chi connectivity index (χ2n) is 6.15. The van der Waals surface area contributed by atoms with Crippen molar-refractivity contribution < 1.29 is 9.53 Å². The number of aryl methyl sites for hydroxylation is 1. The summed E-state index contributed by atoms with van der Waals surface area (Å²) < 4.78 is 5.55. The molecule has 0 aliphatic heterocycles. The fourth-order valence-corrected chi connectivity index (χ4v) is 3.02. The highest BCUT2D eigenvalue weighted by atomic mass is 16.5. The van der Waals surface area contributed by atoms with Crippen molar-refractivity contribution in [1.29, 1.82) is 0 Å². The predicted molar refractivity (Wildman–Crippen MR) is 105 cm³/mol. The summed E-state index contributed by atoms with van der Waals surface area (Å²) in [5.41, 5.74) is 4.57. The van der Waals surface area contributed by atoms with E-state index >= 15 is 0 Å². The fraction of sp³-hybridized carbons (Fsp3) is 0.0952. The van der Waals surface area contributed by atoms with E-state index in [0.717, 1.165) is 22.2 Å². The lowest BCUT2D eigenvalue weighted by Crippen LogP contribution is -2.14. The molecule has 27 heavy (non-hydrogen) atoms. The van der Waals surface area contributed by atoms with Crippen molar-refractivity contribution in [3.8, 4) is 16.9 Å². The van der Waals surface area contributed by atoms with E-state index in [2.05, 4.69) is 20.3 Å². The van der Waals surface area contributed by atoms with Crippen molar-refractivity contribution >= 4 is 22.6 Å². The van der Waals surface area contributed by atoms with Crippen LogP contribution < -0.4 is 10.1 Å². The van der Waals surface area contributed by atoms with Gasteiger partial charge < -0.3 is 15.0 Å². The summed E-state index contributed by atoms with van der Waals surface area (Å²) >= 11 is 0. The second-order valence-corrected chi connectivity index (χ2v) is 6.15. The van der Waals surface area contributed by atoms with Gasteiger partial charge in [0.25, 0.3) is 5.91 Å². The van der Waals surface area contributed by atoms with Gasteiger partial charge in [0.15, 0.2) is 0 Å². The summed E-state index contributed by atoms with van der Waals surface area (Å²) in [6.45, 7) is 1.81. The van der Waals surface area contributed by atoms with Crippen LogP contribution in [0.25, 0.3) is 22.2 Å². The molecule has 0 saturated heterocycles. The lowest BCUT2D eigenvalue weighted by molar-refractivity contribution is 0.102. The smallest absolute Gasteiger partial charge is 0.257 e. The van der Waals surface area contributed by atoms with Gasteiger partial charge in [0.2, 0.25) is 0 Å². The molecule has 0 saturated carbocycles. The molecular formula is C21H18N4O2. The molecule has 134 valence electrons. The van der Waals surface area contributed by atoms with Crippen LogP contribution in [-0.2, 0) is 0 Å². The van der Waals surface area contributed by atoms with Crippen molar-refractivity contribution in [2.24, 2.45) is 0 Å². The van der Waals surface area contributed by atoms with Crippen LogP contribution in [0.1, 0.15) is 16.1 Å². The molecule has 1 amide bonds. The number of methoxy groups -OCH3 is 1. The molecule has 4 rings (SSSR count). The number of benzene rings is 1. The molecule has 4 aromatic rings. The average Bonchev–Trinajstić information content (AvgIpc) is 3.16. The number of carbonyl (C=O) groups excluding carboxylic acids is 1. The summed E-state index contributed by atoms with van der Waals surface area (Å²) in [6, 6.07) is 13.1. The maximum atomic E-state index is 12.5. The maximum absolute atomic E-state index is 12.5. The summed E-state index contributed by atoms with van der Waals surface area (Å²) in [7, 11) is 1.61. The van der Waals surface area contributed by atoms with Crippen LogP contribution >= 0.6 is 0 Å². The van der Waals surface area contributed by atoms with Gasteiger partial charge in [-0.25, -0.2) is 4.98 Å². The van der Waals surface area contributed by atoms with E-state index in [4.69, 9.17) is 4.74 Å².